The highest BCUT2D eigenvalue weighted by Gasteiger charge is 2.33. The van der Waals surface area contributed by atoms with Gasteiger partial charge in [-0.25, -0.2) is 4.79 Å². The average Bonchev–Trinajstić information content (AvgIpc) is 2.86. The van der Waals surface area contributed by atoms with Crippen LogP contribution in [0.4, 0.5) is 4.79 Å². The van der Waals surface area contributed by atoms with E-state index in [1.54, 1.807) is 20.8 Å². The molecule has 0 saturated carbocycles. The van der Waals surface area contributed by atoms with Crippen LogP contribution in [0.15, 0.2) is 84.9 Å². The van der Waals surface area contributed by atoms with Gasteiger partial charge in [0.15, 0.2) is 0 Å². The largest absolute Gasteiger partial charge is 0.444 e. The molecule has 1 aliphatic carbocycles. The van der Waals surface area contributed by atoms with Crippen LogP contribution in [-0.4, -0.2) is 34.9 Å². The predicted octanol–water partition coefficient (Wildman–Crippen LogP) is 5.15. The van der Waals surface area contributed by atoms with Crippen molar-refractivity contribution in [2.45, 2.75) is 70.2 Å². The van der Waals surface area contributed by atoms with Gasteiger partial charge in [0.05, 0.1) is 18.2 Å². The molecule has 6 nitrogen and oxygen atoms in total. The molecule has 0 aliphatic heterocycles. The lowest BCUT2D eigenvalue weighted by Gasteiger charge is -2.33. The van der Waals surface area contributed by atoms with Crippen molar-refractivity contribution in [1.29, 1.82) is 0 Å². The van der Waals surface area contributed by atoms with Crippen LogP contribution in [0.5, 0.6) is 0 Å². The van der Waals surface area contributed by atoms with Gasteiger partial charge >= 0.3 is 6.09 Å². The summed E-state index contributed by atoms with van der Waals surface area (Å²) in [7, 11) is 0. The van der Waals surface area contributed by atoms with E-state index >= 15 is 0 Å². The van der Waals surface area contributed by atoms with E-state index in [2.05, 4.69) is 16.7 Å². The molecule has 200 valence electrons. The molecule has 3 aromatic rings. The molecule has 0 saturated heterocycles. The van der Waals surface area contributed by atoms with Crippen LogP contribution in [0.1, 0.15) is 55.5 Å². The number of nitrogens with one attached hydrogen (secondary N) is 2. The van der Waals surface area contributed by atoms with Gasteiger partial charge in [-0.15, -0.1) is 0 Å². The highest BCUT2D eigenvalue weighted by Crippen LogP contribution is 2.33. The van der Waals surface area contributed by atoms with Crippen molar-refractivity contribution in [3.05, 3.63) is 107 Å². The Morgan fingerprint density at radius 1 is 0.895 bits per heavy atom. The van der Waals surface area contributed by atoms with Crippen molar-refractivity contribution in [2.24, 2.45) is 5.92 Å². The standard InChI is InChI=1S/C32H38N2O4/c1-32(2,3)38-31(37)34-28(19-23-14-8-5-9-15-23)29(35)21-25(18-22-12-6-4-7-13-22)30(36)33-27-20-24-16-10-11-17-26(24)27/h4-17,25,27-29,35H,18-21H2,1-3H3,(H,33,36)(H,34,37)/t25-,27+,28-,29-/m0/s1. The smallest absolute Gasteiger partial charge is 0.407 e. The van der Waals surface area contributed by atoms with Gasteiger partial charge in [-0.2, -0.15) is 0 Å². The van der Waals surface area contributed by atoms with E-state index in [9.17, 15) is 14.7 Å². The third-order valence-electron chi connectivity index (χ3n) is 6.86. The minimum atomic E-state index is -0.962. The van der Waals surface area contributed by atoms with Crippen LogP contribution in [0.2, 0.25) is 0 Å². The molecule has 1 aliphatic rings. The van der Waals surface area contributed by atoms with Crippen LogP contribution >= 0.6 is 0 Å². The highest BCUT2D eigenvalue weighted by atomic mass is 16.6. The first-order chi connectivity index (χ1) is 18.2. The lowest BCUT2D eigenvalue weighted by Crippen LogP contribution is -2.48. The zero-order chi connectivity index (χ0) is 27.1. The van der Waals surface area contributed by atoms with Gasteiger partial charge < -0.3 is 20.5 Å². The van der Waals surface area contributed by atoms with Crippen molar-refractivity contribution in [1.82, 2.24) is 10.6 Å². The molecule has 4 atom stereocenters. The first kappa shape index (κ1) is 27.4. The molecule has 4 rings (SSSR count). The maximum atomic E-state index is 13.6. The number of aliphatic hydroxyl groups excluding tert-OH is 1. The van der Waals surface area contributed by atoms with Gasteiger partial charge in [0, 0.05) is 5.92 Å². The van der Waals surface area contributed by atoms with Gasteiger partial charge in [0.2, 0.25) is 5.91 Å². The number of aliphatic hydroxyl groups is 1. The maximum absolute atomic E-state index is 13.6. The Hall–Kier alpha value is -3.64. The summed E-state index contributed by atoms with van der Waals surface area (Å²) in [6.45, 7) is 5.40. The molecule has 0 radical (unpaired) electrons. The Kier molecular flexibility index (Phi) is 8.85. The van der Waals surface area contributed by atoms with E-state index in [0.717, 1.165) is 23.1 Å². The van der Waals surface area contributed by atoms with Crippen molar-refractivity contribution in [3.63, 3.8) is 0 Å². The quantitative estimate of drug-likeness (QED) is 0.349. The summed E-state index contributed by atoms with van der Waals surface area (Å²) >= 11 is 0. The molecule has 0 spiro atoms. The van der Waals surface area contributed by atoms with Gasteiger partial charge in [0.25, 0.3) is 0 Å². The Labute approximate surface area is 225 Å². The Balaban J connectivity index is 1.50. The van der Waals surface area contributed by atoms with Gasteiger partial charge in [-0.3, -0.25) is 4.79 Å². The zero-order valence-electron chi connectivity index (χ0n) is 22.4. The minimum Gasteiger partial charge on any atom is -0.444 e. The molecular weight excluding hydrogens is 476 g/mol. The Morgan fingerprint density at radius 3 is 2.08 bits per heavy atom. The van der Waals surface area contributed by atoms with E-state index in [0.29, 0.717) is 12.8 Å². The molecule has 0 unspecified atom stereocenters. The number of hydrogen-bond acceptors (Lipinski definition) is 4. The van der Waals surface area contributed by atoms with E-state index in [-0.39, 0.29) is 18.4 Å². The molecule has 2 amide bonds. The fourth-order valence-electron chi connectivity index (χ4n) is 4.92. The third-order valence-corrected chi connectivity index (χ3v) is 6.86. The normalized spacial score (nSPS) is 16.8. The van der Waals surface area contributed by atoms with E-state index < -0.39 is 29.8 Å². The summed E-state index contributed by atoms with van der Waals surface area (Å²) in [5, 5.41) is 17.5. The molecule has 0 bridgehead atoms. The number of carbonyl (C=O) groups is 2. The maximum Gasteiger partial charge on any atom is 0.407 e. The van der Waals surface area contributed by atoms with E-state index in [4.69, 9.17) is 4.74 Å². The number of benzene rings is 3. The van der Waals surface area contributed by atoms with Gasteiger partial charge in [-0.1, -0.05) is 84.9 Å². The molecule has 6 heteroatoms. The summed E-state index contributed by atoms with van der Waals surface area (Å²) in [6, 6.07) is 27.0. The summed E-state index contributed by atoms with van der Waals surface area (Å²) < 4.78 is 5.47. The van der Waals surface area contributed by atoms with Crippen molar-refractivity contribution < 1.29 is 19.4 Å². The van der Waals surface area contributed by atoms with Crippen LogP contribution in [0.25, 0.3) is 0 Å². The van der Waals surface area contributed by atoms with Crippen LogP contribution in [0.3, 0.4) is 0 Å². The van der Waals surface area contributed by atoms with E-state index in [1.165, 1.54) is 5.56 Å². The number of amides is 2. The average molecular weight is 515 g/mol. The number of alkyl carbamates (subject to hydrolysis) is 1. The Bertz CT molecular complexity index is 1210. The van der Waals surface area contributed by atoms with Crippen molar-refractivity contribution in [2.75, 3.05) is 0 Å². The molecule has 38 heavy (non-hydrogen) atoms. The lowest BCUT2D eigenvalue weighted by molar-refractivity contribution is -0.127. The van der Waals surface area contributed by atoms with Crippen molar-refractivity contribution in [3.8, 4) is 0 Å². The first-order valence-corrected chi connectivity index (χ1v) is 13.3. The predicted molar refractivity (Wildman–Crippen MR) is 149 cm³/mol. The summed E-state index contributed by atoms with van der Waals surface area (Å²) in [6.07, 6.45) is 0.352. The zero-order valence-corrected chi connectivity index (χ0v) is 22.4. The fourth-order valence-corrected chi connectivity index (χ4v) is 4.92. The van der Waals surface area contributed by atoms with Crippen LogP contribution in [0, 0.1) is 5.92 Å². The molecule has 0 aromatic heterocycles. The fraction of sp³-hybridized carbons (Fsp3) is 0.375. The summed E-state index contributed by atoms with van der Waals surface area (Å²) in [5.74, 6) is -0.568. The number of rotatable bonds is 10. The third kappa shape index (κ3) is 7.68. The van der Waals surface area contributed by atoms with Crippen LogP contribution < -0.4 is 10.6 Å². The Morgan fingerprint density at radius 2 is 1.47 bits per heavy atom. The SMILES string of the molecule is CC(C)(C)OC(=O)N[C@@H](Cc1ccccc1)[C@@H](O)C[C@H](Cc1ccccc1)C(=O)N[C@@H]1Cc2ccccc21. The molecule has 3 N–H and O–H groups in total. The number of hydrogen-bond donors (Lipinski definition) is 3. The van der Waals surface area contributed by atoms with Gasteiger partial charge in [0.1, 0.15) is 5.60 Å². The molecule has 0 heterocycles. The van der Waals surface area contributed by atoms with Gasteiger partial charge in [-0.05, 0) is 68.7 Å². The lowest BCUT2D eigenvalue weighted by atomic mass is 9.82. The van der Waals surface area contributed by atoms with E-state index in [1.807, 2.05) is 78.9 Å². The second-order valence-corrected chi connectivity index (χ2v) is 11.1. The second-order valence-electron chi connectivity index (χ2n) is 11.1. The highest BCUT2D eigenvalue weighted by molar-refractivity contribution is 5.80. The monoisotopic (exact) mass is 514 g/mol. The molecular formula is C32H38N2O4. The number of ether oxygens (including phenoxy) is 1. The molecule has 3 aromatic carbocycles. The number of fused-ring (bicyclic) bond motifs is 1. The topological polar surface area (TPSA) is 87.7 Å². The first-order valence-electron chi connectivity index (χ1n) is 13.3. The second kappa shape index (κ2) is 12.3. The summed E-state index contributed by atoms with van der Waals surface area (Å²) in [5.41, 5.74) is 3.73. The number of carbonyl (C=O) groups excluding carboxylic acids is 2. The van der Waals surface area contributed by atoms with Crippen LogP contribution in [-0.2, 0) is 28.8 Å². The van der Waals surface area contributed by atoms with Crippen molar-refractivity contribution >= 4 is 12.0 Å². The summed E-state index contributed by atoms with van der Waals surface area (Å²) in [4.78, 5) is 26.2. The minimum absolute atomic E-state index is 0.0193. The molecule has 0 fully saturated rings.